The van der Waals surface area contributed by atoms with Crippen LogP contribution in [0, 0.1) is 0 Å². The van der Waals surface area contributed by atoms with E-state index in [1.54, 1.807) is 7.05 Å². The van der Waals surface area contributed by atoms with Crippen LogP contribution in [0.4, 0.5) is 4.79 Å². The van der Waals surface area contributed by atoms with Crippen LogP contribution >= 0.6 is 0 Å². The second-order valence-corrected chi connectivity index (χ2v) is 3.44. The Labute approximate surface area is 74.4 Å². The molecule has 0 saturated carbocycles. The van der Waals surface area contributed by atoms with E-state index in [1.165, 1.54) is 4.90 Å². The highest BCUT2D eigenvalue weighted by atomic mass is 16.4. The normalized spacial score (nSPS) is 15.3. The van der Waals surface area contributed by atoms with Gasteiger partial charge in [-0.2, -0.15) is 0 Å². The van der Waals surface area contributed by atoms with E-state index in [-0.39, 0.29) is 5.54 Å². The van der Waals surface area contributed by atoms with Crippen molar-refractivity contribution in [1.29, 1.82) is 0 Å². The van der Waals surface area contributed by atoms with Crippen LogP contribution in [-0.2, 0) is 0 Å². The van der Waals surface area contributed by atoms with E-state index in [9.17, 15) is 4.79 Å². The highest BCUT2D eigenvalue weighted by Gasteiger charge is 2.29. The van der Waals surface area contributed by atoms with Gasteiger partial charge in [0.25, 0.3) is 0 Å². The van der Waals surface area contributed by atoms with Crippen molar-refractivity contribution in [2.45, 2.75) is 45.6 Å². The summed E-state index contributed by atoms with van der Waals surface area (Å²) in [6.07, 6.45) is 1.96. The van der Waals surface area contributed by atoms with Crippen molar-refractivity contribution >= 4 is 6.09 Å². The summed E-state index contributed by atoms with van der Waals surface area (Å²) in [5.41, 5.74) is -0.194. The van der Waals surface area contributed by atoms with E-state index in [0.29, 0.717) is 0 Å². The first kappa shape index (κ1) is 11.3. The Kier molecular flexibility index (Phi) is 4.07. The number of amides is 1. The lowest BCUT2D eigenvalue weighted by Crippen LogP contribution is -2.46. The summed E-state index contributed by atoms with van der Waals surface area (Å²) in [4.78, 5) is 12.1. The number of rotatable bonds is 4. The molecule has 0 fully saturated rings. The fourth-order valence-electron chi connectivity index (χ4n) is 1.35. The van der Waals surface area contributed by atoms with E-state index in [0.717, 1.165) is 19.3 Å². The minimum Gasteiger partial charge on any atom is -0.465 e. The van der Waals surface area contributed by atoms with Gasteiger partial charge < -0.3 is 10.0 Å². The lowest BCUT2D eigenvalue weighted by molar-refractivity contribution is 0.0939. The number of carboxylic acid groups (broad SMARTS) is 1. The molecule has 0 aromatic carbocycles. The van der Waals surface area contributed by atoms with Gasteiger partial charge in [-0.1, -0.05) is 20.3 Å². The summed E-state index contributed by atoms with van der Waals surface area (Å²) in [6, 6.07) is 0. The summed E-state index contributed by atoms with van der Waals surface area (Å²) in [5, 5.41) is 8.80. The molecule has 0 saturated heterocycles. The molecule has 0 aliphatic carbocycles. The average Bonchev–Trinajstić information content (AvgIpc) is 2.03. The minimum absolute atomic E-state index is 0.194. The van der Waals surface area contributed by atoms with Gasteiger partial charge in [0.2, 0.25) is 0 Å². The van der Waals surface area contributed by atoms with Gasteiger partial charge in [-0.05, 0) is 19.8 Å². The Morgan fingerprint density at radius 1 is 1.50 bits per heavy atom. The maximum atomic E-state index is 10.7. The SMILES string of the molecule is CCCC(C)(CC)N(C)C(=O)O. The zero-order chi connectivity index (χ0) is 9.78. The number of nitrogens with zero attached hydrogens (tertiary/aromatic N) is 1. The van der Waals surface area contributed by atoms with Crippen LogP contribution in [0.2, 0.25) is 0 Å². The quantitative estimate of drug-likeness (QED) is 0.709. The zero-order valence-corrected chi connectivity index (χ0v) is 8.42. The topological polar surface area (TPSA) is 40.5 Å². The van der Waals surface area contributed by atoms with E-state index >= 15 is 0 Å². The Balaban J connectivity index is 4.38. The van der Waals surface area contributed by atoms with E-state index in [4.69, 9.17) is 5.11 Å². The Bertz CT molecular complexity index is 159. The second kappa shape index (κ2) is 4.33. The summed E-state index contributed by atoms with van der Waals surface area (Å²) in [6.45, 7) is 6.09. The molecule has 1 unspecified atom stereocenters. The lowest BCUT2D eigenvalue weighted by atomic mass is 9.92. The molecule has 0 aliphatic rings. The van der Waals surface area contributed by atoms with Crippen molar-refractivity contribution in [2.75, 3.05) is 7.05 Å². The Morgan fingerprint density at radius 3 is 2.25 bits per heavy atom. The van der Waals surface area contributed by atoms with E-state index in [1.807, 2.05) is 13.8 Å². The third-order valence-electron chi connectivity index (χ3n) is 2.65. The lowest BCUT2D eigenvalue weighted by Gasteiger charge is -2.36. The molecule has 0 radical (unpaired) electrons. The number of hydrogen-bond acceptors (Lipinski definition) is 1. The van der Waals surface area contributed by atoms with E-state index < -0.39 is 6.09 Å². The molecule has 0 heterocycles. The third kappa shape index (κ3) is 2.40. The molecule has 0 rings (SSSR count). The summed E-state index contributed by atoms with van der Waals surface area (Å²) in [7, 11) is 1.64. The van der Waals surface area contributed by atoms with Crippen molar-refractivity contribution < 1.29 is 9.90 Å². The molecule has 1 N–H and O–H groups in total. The summed E-state index contributed by atoms with van der Waals surface area (Å²) >= 11 is 0. The van der Waals surface area contributed by atoms with Gasteiger partial charge in [0.15, 0.2) is 0 Å². The molecule has 3 heteroatoms. The predicted octanol–water partition coefficient (Wildman–Crippen LogP) is 2.57. The fraction of sp³-hybridized carbons (Fsp3) is 0.889. The van der Waals surface area contributed by atoms with Gasteiger partial charge in [0.1, 0.15) is 0 Å². The molecular weight excluding hydrogens is 154 g/mol. The third-order valence-corrected chi connectivity index (χ3v) is 2.65. The number of hydrogen-bond donors (Lipinski definition) is 1. The molecule has 0 bridgehead atoms. The summed E-state index contributed by atoms with van der Waals surface area (Å²) < 4.78 is 0. The fourth-order valence-corrected chi connectivity index (χ4v) is 1.35. The molecule has 1 atom stereocenters. The maximum absolute atomic E-state index is 10.7. The van der Waals surface area contributed by atoms with Gasteiger partial charge in [0, 0.05) is 12.6 Å². The maximum Gasteiger partial charge on any atom is 0.407 e. The Hall–Kier alpha value is -0.730. The van der Waals surface area contributed by atoms with Gasteiger partial charge >= 0.3 is 6.09 Å². The zero-order valence-electron chi connectivity index (χ0n) is 8.42. The van der Waals surface area contributed by atoms with Gasteiger partial charge in [0.05, 0.1) is 0 Å². The molecule has 0 aromatic heterocycles. The van der Waals surface area contributed by atoms with Crippen LogP contribution in [0.5, 0.6) is 0 Å². The largest absolute Gasteiger partial charge is 0.465 e. The molecular formula is C9H19NO2. The molecule has 1 amide bonds. The second-order valence-electron chi connectivity index (χ2n) is 3.44. The number of carbonyl (C=O) groups is 1. The molecule has 72 valence electrons. The van der Waals surface area contributed by atoms with Crippen molar-refractivity contribution in [1.82, 2.24) is 4.90 Å². The Morgan fingerprint density at radius 2 is 2.00 bits per heavy atom. The van der Waals surface area contributed by atoms with Crippen LogP contribution in [0.25, 0.3) is 0 Å². The first-order valence-electron chi connectivity index (χ1n) is 4.44. The standard InChI is InChI=1S/C9H19NO2/c1-5-7-9(3,6-2)10(4)8(11)12/h5-7H2,1-4H3,(H,11,12). The summed E-state index contributed by atoms with van der Waals surface area (Å²) in [5.74, 6) is 0. The van der Waals surface area contributed by atoms with Crippen LogP contribution < -0.4 is 0 Å². The van der Waals surface area contributed by atoms with Gasteiger partial charge in [-0.3, -0.25) is 0 Å². The molecule has 12 heavy (non-hydrogen) atoms. The van der Waals surface area contributed by atoms with Gasteiger partial charge in [-0.25, -0.2) is 4.79 Å². The predicted molar refractivity (Wildman–Crippen MR) is 49.4 cm³/mol. The van der Waals surface area contributed by atoms with Crippen molar-refractivity contribution in [3.05, 3.63) is 0 Å². The molecule has 0 aliphatic heterocycles. The molecule has 0 spiro atoms. The first-order chi connectivity index (χ1) is 5.48. The average molecular weight is 173 g/mol. The van der Waals surface area contributed by atoms with Crippen molar-refractivity contribution in [3.63, 3.8) is 0 Å². The van der Waals surface area contributed by atoms with Crippen LogP contribution in [-0.4, -0.2) is 28.7 Å². The van der Waals surface area contributed by atoms with Gasteiger partial charge in [-0.15, -0.1) is 0 Å². The molecule has 0 aromatic rings. The monoisotopic (exact) mass is 173 g/mol. The first-order valence-corrected chi connectivity index (χ1v) is 4.44. The van der Waals surface area contributed by atoms with Crippen LogP contribution in [0.15, 0.2) is 0 Å². The van der Waals surface area contributed by atoms with E-state index in [2.05, 4.69) is 6.92 Å². The van der Waals surface area contributed by atoms with Crippen molar-refractivity contribution in [2.24, 2.45) is 0 Å². The van der Waals surface area contributed by atoms with Crippen molar-refractivity contribution in [3.8, 4) is 0 Å². The highest BCUT2D eigenvalue weighted by molar-refractivity contribution is 5.65. The van der Waals surface area contributed by atoms with Crippen LogP contribution in [0.3, 0.4) is 0 Å². The molecule has 3 nitrogen and oxygen atoms in total. The highest BCUT2D eigenvalue weighted by Crippen LogP contribution is 2.23. The smallest absolute Gasteiger partial charge is 0.407 e. The minimum atomic E-state index is -0.840. The van der Waals surface area contributed by atoms with Crippen LogP contribution in [0.1, 0.15) is 40.0 Å².